The number of amides is 2. The SMILES string of the molecule is CCC(C)n1ccc(CNCCNC(=O)N(C)C)n1. The predicted octanol–water partition coefficient (Wildman–Crippen LogP) is 1.21. The van der Waals surface area contributed by atoms with Gasteiger partial charge < -0.3 is 15.5 Å². The number of rotatable bonds is 7. The van der Waals surface area contributed by atoms with Gasteiger partial charge in [0.15, 0.2) is 0 Å². The molecule has 0 fully saturated rings. The summed E-state index contributed by atoms with van der Waals surface area (Å²) in [5.41, 5.74) is 1.03. The van der Waals surface area contributed by atoms with Gasteiger partial charge in [0.1, 0.15) is 0 Å². The molecule has 1 rings (SSSR count). The van der Waals surface area contributed by atoms with Crippen molar-refractivity contribution < 1.29 is 4.79 Å². The molecule has 108 valence electrons. The number of nitrogens with one attached hydrogen (secondary N) is 2. The van der Waals surface area contributed by atoms with E-state index < -0.39 is 0 Å². The van der Waals surface area contributed by atoms with E-state index >= 15 is 0 Å². The first-order chi connectivity index (χ1) is 9.04. The summed E-state index contributed by atoms with van der Waals surface area (Å²) in [5, 5.41) is 10.6. The fourth-order valence-corrected chi connectivity index (χ4v) is 1.54. The molecular weight excluding hydrogens is 242 g/mol. The Bertz CT molecular complexity index is 388. The van der Waals surface area contributed by atoms with Gasteiger partial charge in [0.05, 0.1) is 5.69 Å². The number of urea groups is 1. The molecular formula is C13H25N5O. The molecule has 1 aromatic heterocycles. The van der Waals surface area contributed by atoms with Crippen molar-refractivity contribution in [3.63, 3.8) is 0 Å². The molecule has 1 heterocycles. The molecule has 0 aliphatic rings. The molecule has 2 amide bonds. The summed E-state index contributed by atoms with van der Waals surface area (Å²) in [6.07, 6.45) is 3.09. The van der Waals surface area contributed by atoms with Crippen molar-refractivity contribution in [3.8, 4) is 0 Å². The first kappa shape index (κ1) is 15.5. The maximum Gasteiger partial charge on any atom is 0.316 e. The normalized spacial score (nSPS) is 12.2. The van der Waals surface area contributed by atoms with Crippen LogP contribution in [0.1, 0.15) is 32.0 Å². The molecule has 0 bridgehead atoms. The Labute approximate surface area is 115 Å². The van der Waals surface area contributed by atoms with Crippen LogP contribution in [-0.2, 0) is 6.54 Å². The molecule has 19 heavy (non-hydrogen) atoms. The van der Waals surface area contributed by atoms with Crippen molar-refractivity contribution in [1.82, 2.24) is 25.3 Å². The summed E-state index contributed by atoms with van der Waals surface area (Å²) in [6, 6.07) is 2.40. The number of hydrogen-bond acceptors (Lipinski definition) is 3. The van der Waals surface area contributed by atoms with E-state index in [0.717, 1.165) is 25.2 Å². The van der Waals surface area contributed by atoms with E-state index in [4.69, 9.17) is 0 Å². The van der Waals surface area contributed by atoms with Crippen molar-refractivity contribution in [1.29, 1.82) is 0 Å². The van der Waals surface area contributed by atoms with Gasteiger partial charge in [-0.05, 0) is 19.4 Å². The molecule has 0 aliphatic heterocycles. The van der Waals surface area contributed by atoms with Crippen molar-refractivity contribution in [2.24, 2.45) is 0 Å². The summed E-state index contributed by atoms with van der Waals surface area (Å²) in [6.45, 7) is 6.37. The molecule has 0 radical (unpaired) electrons. The summed E-state index contributed by atoms with van der Waals surface area (Å²) in [4.78, 5) is 12.8. The van der Waals surface area contributed by atoms with Gasteiger partial charge in [0, 0.05) is 46.0 Å². The van der Waals surface area contributed by atoms with Crippen LogP contribution in [0.2, 0.25) is 0 Å². The van der Waals surface area contributed by atoms with E-state index in [1.54, 1.807) is 14.1 Å². The monoisotopic (exact) mass is 267 g/mol. The predicted molar refractivity (Wildman–Crippen MR) is 76.0 cm³/mol. The minimum absolute atomic E-state index is 0.0668. The van der Waals surface area contributed by atoms with Crippen LogP contribution in [0, 0.1) is 0 Å². The van der Waals surface area contributed by atoms with Crippen molar-refractivity contribution in [2.45, 2.75) is 32.9 Å². The van der Waals surface area contributed by atoms with Crippen LogP contribution < -0.4 is 10.6 Å². The average molecular weight is 267 g/mol. The van der Waals surface area contributed by atoms with Gasteiger partial charge in [0.2, 0.25) is 0 Å². The van der Waals surface area contributed by atoms with Crippen LogP contribution in [-0.4, -0.2) is 47.9 Å². The maximum atomic E-state index is 11.3. The summed E-state index contributed by atoms with van der Waals surface area (Å²) >= 11 is 0. The maximum absolute atomic E-state index is 11.3. The zero-order chi connectivity index (χ0) is 14.3. The molecule has 0 aromatic carbocycles. The van der Waals surface area contributed by atoms with Crippen molar-refractivity contribution in [3.05, 3.63) is 18.0 Å². The number of carbonyl (C=O) groups excluding carboxylic acids is 1. The van der Waals surface area contributed by atoms with Gasteiger partial charge in [-0.2, -0.15) is 5.10 Å². The standard InChI is InChI=1S/C13H25N5O/c1-5-11(2)18-9-6-12(16-18)10-14-7-8-15-13(19)17(3)4/h6,9,11,14H,5,7-8,10H2,1-4H3,(H,15,19). The van der Waals surface area contributed by atoms with Crippen LogP contribution in [0.25, 0.3) is 0 Å². The minimum atomic E-state index is -0.0668. The Kier molecular flexibility index (Phi) is 6.35. The number of carbonyl (C=O) groups is 1. The number of hydrogen-bond donors (Lipinski definition) is 2. The first-order valence-electron chi connectivity index (χ1n) is 6.74. The highest BCUT2D eigenvalue weighted by molar-refractivity contribution is 5.73. The van der Waals surface area contributed by atoms with Crippen LogP contribution >= 0.6 is 0 Å². The van der Waals surface area contributed by atoms with E-state index in [0.29, 0.717) is 12.6 Å². The van der Waals surface area contributed by atoms with Gasteiger partial charge in [0.25, 0.3) is 0 Å². The van der Waals surface area contributed by atoms with Gasteiger partial charge in [-0.3, -0.25) is 4.68 Å². The molecule has 0 saturated carbocycles. The fourth-order valence-electron chi connectivity index (χ4n) is 1.54. The lowest BCUT2D eigenvalue weighted by Gasteiger charge is -2.12. The summed E-state index contributed by atoms with van der Waals surface area (Å²) in [5.74, 6) is 0. The van der Waals surface area contributed by atoms with E-state index in [1.807, 2.05) is 16.9 Å². The largest absolute Gasteiger partial charge is 0.337 e. The van der Waals surface area contributed by atoms with Crippen LogP contribution in [0.4, 0.5) is 4.79 Å². The third-order valence-corrected chi connectivity index (χ3v) is 3.00. The lowest BCUT2D eigenvalue weighted by atomic mass is 10.3. The molecule has 0 saturated heterocycles. The van der Waals surface area contributed by atoms with E-state index in [-0.39, 0.29) is 6.03 Å². The molecule has 0 spiro atoms. The second kappa shape index (κ2) is 7.78. The fraction of sp³-hybridized carbons (Fsp3) is 0.692. The third-order valence-electron chi connectivity index (χ3n) is 3.00. The zero-order valence-corrected chi connectivity index (χ0v) is 12.3. The molecule has 2 N–H and O–H groups in total. The number of aromatic nitrogens is 2. The minimum Gasteiger partial charge on any atom is -0.337 e. The zero-order valence-electron chi connectivity index (χ0n) is 12.3. The summed E-state index contributed by atoms with van der Waals surface area (Å²) in [7, 11) is 3.45. The quantitative estimate of drug-likeness (QED) is 0.730. The second-order valence-electron chi connectivity index (χ2n) is 4.85. The molecule has 6 nitrogen and oxygen atoms in total. The van der Waals surface area contributed by atoms with E-state index in [9.17, 15) is 4.79 Å². The molecule has 0 aliphatic carbocycles. The molecule has 1 unspecified atom stereocenters. The Balaban J connectivity index is 2.19. The number of nitrogens with zero attached hydrogens (tertiary/aromatic N) is 3. The van der Waals surface area contributed by atoms with Crippen LogP contribution in [0.5, 0.6) is 0 Å². The Hall–Kier alpha value is -1.56. The van der Waals surface area contributed by atoms with Gasteiger partial charge in [-0.1, -0.05) is 6.92 Å². The average Bonchev–Trinajstić information content (AvgIpc) is 2.85. The lowest BCUT2D eigenvalue weighted by Crippen LogP contribution is -2.38. The van der Waals surface area contributed by atoms with Gasteiger partial charge in [-0.25, -0.2) is 4.79 Å². The molecule has 6 heteroatoms. The topological polar surface area (TPSA) is 62.2 Å². The highest BCUT2D eigenvalue weighted by Gasteiger charge is 2.04. The third kappa shape index (κ3) is 5.30. The smallest absolute Gasteiger partial charge is 0.316 e. The second-order valence-corrected chi connectivity index (χ2v) is 4.85. The Morgan fingerprint density at radius 1 is 1.47 bits per heavy atom. The van der Waals surface area contributed by atoms with Gasteiger partial charge >= 0.3 is 6.03 Å². The molecule has 1 aromatic rings. The Morgan fingerprint density at radius 2 is 2.21 bits per heavy atom. The van der Waals surface area contributed by atoms with Crippen molar-refractivity contribution >= 4 is 6.03 Å². The highest BCUT2D eigenvalue weighted by Crippen LogP contribution is 2.08. The highest BCUT2D eigenvalue weighted by atomic mass is 16.2. The van der Waals surface area contributed by atoms with Gasteiger partial charge in [-0.15, -0.1) is 0 Å². The van der Waals surface area contributed by atoms with Crippen LogP contribution in [0.15, 0.2) is 12.3 Å². The molecule has 1 atom stereocenters. The lowest BCUT2D eigenvalue weighted by molar-refractivity contribution is 0.217. The van der Waals surface area contributed by atoms with E-state index in [1.165, 1.54) is 4.90 Å². The van der Waals surface area contributed by atoms with Crippen molar-refractivity contribution in [2.75, 3.05) is 27.2 Å². The van der Waals surface area contributed by atoms with Crippen LogP contribution in [0.3, 0.4) is 0 Å². The first-order valence-corrected chi connectivity index (χ1v) is 6.74. The summed E-state index contributed by atoms with van der Waals surface area (Å²) < 4.78 is 1.99. The van der Waals surface area contributed by atoms with E-state index in [2.05, 4.69) is 29.6 Å². The Morgan fingerprint density at radius 3 is 2.84 bits per heavy atom.